The van der Waals surface area contributed by atoms with Crippen LogP contribution in [-0.4, -0.2) is 28.3 Å². The van der Waals surface area contributed by atoms with Crippen molar-refractivity contribution < 1.29 is 12.4 Å². The standard InChI is InChI=1S/C32H26N4O2/c1-21-33-28-19-20-36(29-14-8-7-13-27(29)30(28)34-21)32(38)23-15-17-24(18-16-23)35-31(37)26-12-6-5-11-25(26)22-9-3-2-4-10-22/h2-18H,19-20H2,1H3,(H,33,34)(H,35,37)/i/hD2. The number of rotatable bonds is 4. The summed E-state index contributed by atoms with van der Waals surface area (Å²) in [5.41, 5.74) is 5.88. The van der Waals surface area contributed by atoms with E-state index in [4.69, 9.17) is 2.82 Å². The van der Waals surface area contributed by atoms with Crippen LogP contribution in [0, 0.1) is 6.92 Å². The molecule has 2 amide bonds. The molecule has 38 heavy (non-hydrogen) atoms. The number of para-hydroxylation sites is 1. The molecule has 0 saturated carbocycles. The molecule has 0 aliphatic carbocycles. The molecule has 2 N–H and O–H groups in total. The number of benzene rings is 4. The lowest BCUT2D eigenvalue weighted by molar-refractivity contribution is 0.0986. The van der Waals surface area contributed by atoms with Crippen molar-refractivity contribution in [1.29, 1.82) is 0 Å². The fourth-order valence-electron chi connectivity index (χ4n) is 4.90. The Bertz CT molecular complexity index is 1730. The van der Waals surface area contributed by atoms with E-state index < -0.39 is 5.91 Å². The van der Waals surface area contributed by atoms with Crippen molar-refractivity contribution in [2.75, 3.05) is 16.8 Å². The smallest absolute Gasteiger partial charge is 0.258 e. The van der Waals surface area contributed by atoms with E-state index in [0.29, 0.717) is 41.3 Å². The van der Waals surface area contributed by atoms with Gasteiger partial charge in [-0.3, -0.25) is 9.59 Å². The Morgan fingerprint density at radius 1 is 0.895 bits per heavy atom. The summed E-state index contributed by atoms with van der Waals surface area (Å²) in [6.45, 7) is 2.22. The zero-order valence-electron chi connectivity index (χ0n) is 22.8. The van der Waals surface area contributed by atoms with Crippen LogP contribution in [0.15, 0.2) is 103 Å². The molecule has 5 aromatic rings. The van der Waals surface area contributed by atoms with Crippen molar-refractivity contribution in [3.8, 4) is 22.4 Å². The molecule has 6 rings (SSSR count). The Hall–Kier alpha value is -4.97. The van der Waals surface area contributed by atoms with Crippen molar-refractivity contribution in [2.24, 2.45) is 0 Å². The molecule has 6 heteroatoms. The van der Waals surface area contributed by atoms with Gasteiger partial charge in [-0.15, -0.1) is 0 Å². The molecule has 6 nitrogen and oxygen atoms in total. The van der Waals surface area contributed by atoms with Crippen LogP contribution in [0.25, 0.3) is 22.4 Å². The van der Waals surface area contributed by atoms with Gasteiger partial charge in [-0.25, -0.2) is 4.98 Å². The topological polar surface area (TPSA) is 78.1 Å². The number of hydrogen-bond acceptors (Lipinski definition) is 3. The third-order valence-corrected chi connectivity index (χ3v) is 6.70. The normalized spacial score (nSPS) is 13.0. The van der Waals surface area contributed by atoms with Gasteiger partial charge in [-0.1, -0.05) is 66.7 Å². The first kappa shape index (κ1) is 21.1. The lowest BCUT2D eigenvalue weighted by Gasteiger charge is -2.23. The molecule has 1 aromatic heterocycles. The molecule has 0 radical (unpaired) electrons. The first-order valence-electron chi connectivity index (χ1n) is 13.4. The highest BCUT2D eigenvalue weighted by molar-refractivity contribution is 6.10. The molecule has 1 aliphatic heterocycles. The van der Waals surface area contributed by atoms with Crippen molar-refractivity contribution in [1.82, 2.24) is 9.96 Å². The number of fused-ring (bicyclic) bond motifs is 3. The van der Waals surface area contributed by atoms with Crippen LogP contribution in [0.4, 0.5) is 11.4 Å². The molecule has 0 bridgehead atoms. The third-order valence-electron chi connectivity index (χ3n) is 6.70. The fraction of sp³-hybridized carbons (Fsp3) is 0.0938. The highest BCUT2D eigenvalue weighted by atomic mass is 16.2. The average Bonchev–Trinajstić information content (AvgIpc) is 3.18. The van der Waals surface area contributed by atoms with Gasteiger partial charge >= 0.3 is 0 Å². The lowest BCUT2D eigenvalue weighted by atomic mass is 9.99. The number of carbonyl (C=O) groups excluding carboxylic acids is 2. The van der Waals surface area contributed by atoms with Gasteiger partial charge in [-0.2, -0.15) is 0 Å². The number of amides is 2. The number of nitrogens with one attached hydrogen (secondary N) is 2. The minimum Gasteiger partial charge on any atom is -0.342 e. The van der Waals surface area contributed by atoms with Gasteiger partial charge in [-0.05, 0) is 54.4 Å². The number of aryl methyl sites for hydroxylation is 1. The van der Waals surface area contributed by atoms with E-state index in [-0.39, 0.29) is 5.91 Å². The molecule has 0 atom stereocenters. The zero-order chi connectivity index (χ0) is 27.8. The molecule has 0 unspecified atom stereocenters. The quantitative estimate of drug-likeness (QED) is 0.295. The summed E-state index contributed by atoms with van der Waals surface area (Å²) in [5, 5.41) is 0.856. The second-order valence-electron chi connectivity index (χ2n) is 9.17. The Morgan fingerprint density at radius 2 is 1.58 bits per heavy atom. The van der Waals surface area contributed by atoms with E-state index >= 15 is 0 Å². The first-order chi connectivity index (χ1) is 19.4. The van der Waals surface area contributed by atoms with Crippen LogP contribution in [-0.2, 0) is 6.42 Å². The Morgan fingerprint density at radius 3 is 2.37 bits per heavy atom. The van der Waals surface area contributed by atoms with Crippen molar-refractivity contribution >= 4 is 23.2 Å². The summed E-state index contributed by atoms with van der Waals surface area (Å²) in [7, 11) is 0. The Labute approximate surface area is 223 Å². The molecule has 0 fully saturated rings. The predicted molar refractivity (Wildman–Crippen MR) is 150 cm³/mol. The maximum Gasteiger partial charge on any atom is 0.258 e. The first-order valence-corrected chi connectivity index (χ1v) is 12.5. The number of imidazole rings is 1. The van der Waals surface area contributed by atoms with Gasteiger partial charge in [0.1, 0.15) is 5.82 Å². The number of aromatic amines is 1. The van der Waals surface area contributed by atoms with E-state index in [0.717, 1.165) is 33.4 Å². The van der Waals surface area contributed by atoms with E-state index in [2.05, 4.69) is 4.98 Å². The van der Waals surface area contributed by atoms with Gasteiger partial charge in [0.15, 0.2) is 2.82 Å². The van der Waals surface area contributed by atoms with E-state index in [1.54, 1.807) is 48.2 Å². The summed E-state index contributed by atoms with van der Waals surface area (Å²) in [6.07, 6.45) is 0.524. The van der Waals surface area contributed by atoms with Gasteiger partial charge in [0.2, 0.25) is 0 Å². The van der Waals surface area contributed by atoms with Gasteiger partial charge in [0, 0.05) is 35.3 Å². The van der Waals surface area contributed by atoms with Crippen LogP contribution in [0.5, 0.6) is 0 Å². The van der Waals surface area contributed by atoms with Crippen LogP contribution in [0.3, 0.4) is 0 Å². The van der Waals surface area contributed by atoms with E-state index in [1.807, 2.05) is 66.7 Å². The van der Waals surface area contributed by atoms with Crippen LogP contribution >= 0.6 is 0 Å². The van der Waals surface area contributed by atoms with Crippen molar-refractivity contribution in [3.63, 3.8) is 0 Å². The second kappa shape index (κ2) is 9.82. The van der Waals surface area contributed by atoms with Crippen LogP contribution in [0.2, 0.25) is 2.82 Å². The van der Waals surface area contributed by atoms with Crippen LogP contribution in [0.1, 0.15) is 32.2 Å². The van der Waals surface area contributed by atoms with Crippen molar-refractivity contribution in [3.05, 3.63) is 126 Å². The number of nitrogens with zero attached hydrogens (tertiary/aromatic N) is 2. The minimum absolute atomic E-state index is 0.199. The maximum atomic E-state index is 13.7. The van der Waals surface area contributed by atoms with E-state index in [1.165, 1.54) is 4.98 Å². The summed E-state index contributed by atoms with van der Waals surface area (Å²) in [6, 6.07) is 30.9. The molecular weight excluding hydrogens is 472 g/mol. The molecule has 4 aromatic carbocycles. The third kappa shape index (κ3) is 4.37. The number of carbonyl (C=O) groups is 2. The fourth-order valence-corrected chi connectivity index (χ4v) is 4.90. The van der Waals surface area contributed by atoms with E-state index in [9.17, 15) is 9.59 Å². The summed E-state index contributed by atoms with van der Waals surface area (Å²) < 4.78 is 17.0. The largest absolute Gasteiger partial charge is 0.342 e. The van der Waals surface area contributed by atoms with Gasteiger partial charge in [0.25, 0.3) is 11.8 Å². The lowest BCUT2D eigenvalue weighted by Crippen LogP contribution is -2.32. The molecule has 186 valence electrons. The molecule has 0 spiro atoms. The Balaban J connectivity index is 1.27. The summed E-state index contributed by atoms with van der Waals surface area (Å²) in [5.74, 6) is -0.0536. The summed E-state index contributed by atoms with van der Waals surface area (Å²) in [4.78, 5) is 34.6. The number of aromatic nitrogens is 2. The number of anilines is 2. The SMILES string of the molecule is [2H]N(C(=O)c1ccccc1-c1ccccc1)c1ccc(C(=O)N2CCc3nc(C)n([2H])c3-c3ccccc32)cc1. The zero-order valence-corrected chi connectivity index (χ0v) is 20.8. The van der Waals surface area contributed by atoms with Crippen molar-refractivity contribution in [2.45, 2.75) is 13.3 Å². The number of hydrogen-bond donors (Lipinski definition) is 2. The van der Waals surface area contributed by atoms with Gasteiger partial charge < -0.3 is 15.2 Å². The Kier molecular flexibility index (Phi) is 5.47. The van der Waals surface area contributed by atoms with Crippen LogP contribution < -0.4 is 10.2 Å². The molecule has 2 heterocycles. The molecule has 1 aliphatic rings. The minimum atomic E-state index is -0.462. The maximum absolute atomic E-state index is 13.7. The monoisotopic (exact) mass is 500 g/mol. The predicted octanol–water partition coefficient (Wildman–Crippen LogP) is 6.51. The molecule has 0 saturated heterocycles. The number of H-pyrrole nitrogens is 1. The highest BCUT2D eigenvalue weighted by Gasteiger charge is 2.26. The highest BCUT2D eigenvalue weighted by Crippen LogP contribution is 2.36. The average molecular weight is 501 g/mol. The summed E-state index contributed by atoms with van der Waals surface area (Å²) >= 11 is 0. The molecular formula is C32H26N4O2. The van der Waals surface area contributed by atoms with Gasteiger partial charge in [0.05, 0.1) is 17.1 Å². The second-order valence-corrected chi connectivity index (χ2v) is 9.17.